The van der Waals surface area contributed by atoms with E-state index in [0.717, 1.165) is 18.7 Å². The monoisotopic (exact) mass is 995 g/mol. The molecule has 0 saturated carbocycles. The molecule has 0 spiro atoms. The molecule has 2 aromatic carbocycles. The van der Waals surface area contributed by atoms with Crippen LogP contribution in [0.5, 0.6) is 5.75 Å². The molecule has 24 heteroatoms. The first-order chi connectivity index (χ1) is 33.3. The van der Waals surface area contributed by atoms with Crippen LogP contribution in [0.2, 0.25) is 0 Å². The van der Waals surface area contributed by atoms with E-state index in [1.54, 1.807) is 42.5 Å². The van der Waals surface area contributed by atoms with Crippen LogP contribution in [0.4, 0.5) is 0 Å². The number of phenols is 1. The Labute approximate surface area is 409 Å². The zero-order valence-electron chi connectivity index (χ0n) is 40.5. The quantitative estimate of drug-likeness (QED) is 0.0470. The number of nitrogens with zero attached hydrogens (tertiary/aromatic N) is 1. The molecule has 1 heterocycles. The first-order valence-electron chi connectivity index (χ1n) is 22.9. The fourth-order valence-electron chi connectivity index (χ4n) is 7.38. The summed E-state index contributed by atoms with van der Waals surface area (Å²) < 4.78 is 0. The van der Waals surface area contributed by atoms with Crippen LogP contribution in [-0.4, -0.2) is 163 Å². The Bertz CT molecular complexity index is 2240. The second kappa shape index (κ2) is 27.1. The Morgan fingerprint density at radius 1 is 0.563 bits per heavy atom. The van der Waals surface area contributed by atoms with Gasteiger partial charge in [0.1, 0.15) is 54.1 Å². The number of Topliss-reactive ketones (excluding diaryl/α,β-unsaturated/α-hetero) is 1. The highest BCUT2D eigenvalue weighted by atomic mass is 16.4. The van der Waals surface area contributed by atoms with Gasteiger partial charge < -0.3 is 67.9 Å². The number of likely N-dealkylation sites (tertiary alicyclic amines) is 1. The lowest BCUT2D eigenvalue weighted by molar-refractivity contribution is -0.145. The van der Waals surface area contributed by atoms with E-state index in [4.69, 9.17) is 0 Å². The molecule has 1 aliphatic heterocycles. The van der Waals surface area contributed by atoms with Crippen molar-refractivity contribution in [1.29, 1.82) is 0 Å². The van der Waals surface area contributed by atoms with Gasteiger partial charge in [-0.3, -0.25) is 52.7 Å². The van der Waals surface area contributed by atoms with Crippen LogP contribution in [0.15, 0.2) is 54.6 Å². The Kier molecular flexibility index (Phi) is 22.0. The van der Waals surface area contributed by atoms with E-state index in [-0.39, 0.29) is 37.3 Å². The number of aliphatic carboxylic acids is 1. The largest absolute Gasteiger partial charge is 0.508 e. The maximum Gasteiger partial charge on any atom is 0.305 e. The van der Waals surface area contributed by atoms with Gasteiger partial charge in [0.05, 0.1) is 24.7 Å². The van der Waals surface area contributed by atoms with Crippen molar-refractivity contribution in [3.63, 3.8) is 0 Å². The highest BCUT2D eigenvalue weighted by Crippen LogP contribution is 2.20. The molecule has 3 rings (SSSR count). The van der Waals surface area contributed by atoms with E-state index in [0.29, 0.717) is 17.5 Å². The summed E-state index contributed by atoms with van der Waals surface area (Å²) in [6, 6.07) is 2.40. The minimum Gasteiger partial charge on any atom is -0.508 e. The normalized spacial score (nSPS) is 17.4. The number of carbonyl (C=O) groups excluding carboxylic acids is 10. The number of ketones is 1. The summed E-state index contributed by atoms with van der Waals surface area (Å²) in [5.74, 6) is -9.63. The van der Waals surface area contributed by atoms with Gasteiger partial charge in [-0.2, -0.15) is 0 Å². The van der Waals surface area contributed by atoms with Crippen molar-refractivity contribution in [2.75, 3.05) is 6.54 Å². The molecule has 12 N–H and O–H groups in total. The summed E-state index contributed by atoms with van der Waals surface area (Å²) in [4.78, 5) is 144. The lowest BCUT2D eigenvalue weighted by Crippen LogP contribution is -2.63. The Balaban J connectivity index is 1.65. The highest BCUT2D eigenvalue weighted by Gasteiger charge is 2.41. The third kappa shape index (κ3) is 18.1. The number of carboxylic acid groups (broad SMARTS) is 1. The second-order valence-electron chi connectivity index (χ2n) is 17.5. The van der Waals surface area contributed by atoms with Gasteiger partial charge in [0.2, 0.25) is 53.2 Å². The van der Waals surface area contributed by atoms with Crippen LogP contribution < -0.4 is 42.5 Å². The van der Waals surface area contributed by atoms with Crippen molar-refractivity contribution in [1.82, 2.24) is 47.4 Å². The van der Waals surface area contributed by atoms with Gasteiger partial charge in [0.25, 0.3) is 0 Å². The molecule has 2 aromatic rings. The molecule has 24 nitrogen and oxygen atoms in total. The van der Waals surface area contributed by atoms with Gasteiger partial charge in [0, 0.05) is 19.9 Å². The molecule has 0 aromatic heterocycles. The third-order valence-corrected chi connectivity index (χ3v) is 11.4. The van der Waals surface area contributed by atoms with Crippen molar-refractivity contribution < 1.29 is 73.2 Å². The maximum absolute atomic E-state index is 13.8. The number of phenolic OH excluding ortho intramolecular Hbond substituents is 1. The van der Waals surface area contributed by atoms with Crippen molar-refractivity contribution in [2.24, 2.45) is 0 Å². The number of amides is 9. The Morgan fingerprint density at radius 3 is 1.58 bits per heavy atom. The van der Waals surface area contributed by atoms with Crippen molar-refractivity contribution in [2.45, 2.75) is 147 Å². The van der Waals surface area contributed by atoms with Gasteiger partial charge in [-0.25, -0.2) is 0 Å². The summed E-state index contributed by atoms with van der Waals surface area (Å²) >= 11 is 0. The lowest BCUT2D eigenvalue weighted by atomic mass is 10.0. The van der Waals surface area contributed by atoms with E-state index < -0.39 is 132 Å². The van der Waals surface area contributed by atoms with Crippen LogP contribution in [0.1, 0.15) is 78.9 Å². The average molecular weight is 996 g/mol. The Morgan fingerprint density at radius 2 is 1.04 bits per heavy atom. The smallest absolute Gasteiger partial charge is 0.305 e. The van der Waals surface area contributed by atoms with Crippen LogP contribution in [0, 0.1) is 0 Å². The minimum absolute atomic E-state index is 0.0148. The van der Waals surface area contributed by atoms with E-state index in [2.05, 4.69) is 42.5 Å². The number of benzene rings is 2. The number of aromatic hydroxyl groups is 1. The molecular formula is C47H65N9O15. The number of hydrogen-bond donors (Lipinski definition) is 12. The summed E-state index contributed by atoms with van der Waals surface area (Å²) in [6.07, 6.45) is -3.58. The van der Waals surface area contributed by atoms with Gasteiger partial charge >= 0.3 is 5.97 Å². The summed E-state index contributed by atoms with van der Waals surface area (Å²) in [5, 5.41) is 59.1. The zero-order chi connectivity index (χ0) is 53.3. The molecule has 1 fully saturated rings. The van der Waals surface area contributed by atoms with Crippen LogP contribution in [0.25, 0.3) is 0 Å². The van der Waals surface area contributed by atoms with Gasteiger partial charge in [-0.05, 0) is 84.1 Å². The molecule has 1 saturated heterocycles. The molecule has 71 heavy (non-hydrogen) atoms. The van der Waals surface area contributed by atoms with E-state index in [1.165, 1.54) is 46.8 Å². The molecule has 11 atom stereocenters. The number of nitrogens with one attached hydrogen (secondary N) is 8. The molecule has 9 amide bonds. The lowest BCUT2D eigenvalue weighted by Gasteiger charge is -2.32. The summed E-state index contributed by atoms with van der Waals surface area (Å²) in [6.45, 7) is 8.64. The number of aliphatic hydroxyl groups excluding tert-OH is 2. The number of aliphatic hydroxyl groups is 2. The van der Waals surface area contributed by atoms with E-state index >= 15 is 0 Å². The Hall–Kier alpha value is -7.47. The minimum atomic E-state index is -1.80. The van der Waals surface area contributed by atoms with Crippen LogP contribution in [0.3, 0.4) is 0 Å². The van der Waals surface area contributed by atoms with Gasteiger partial charge in [0.15, 0.2) is 5.78 Å². The predicted octanol–water partition coefficient (Wildman–Crippen LogP) is -3.05. The first-order valence-corrected chi connectivity index (χ1v) is 22.9. The standard InChI is InChI=1S/C47H65N9O15/c1-23(50-45(69)36-14-11-19-56(36)47(71)39(28(6)59)55-46(70)38(27(5)58)54-44(68)35(22-37(62)63)51-29(7)60)40(64)48-24(2)42(66)53-34(21-30-12-9-8-10-13-30)43(67)49-25(3)41(65)52-33(26(4)57)20-31-15-17-32(61)18-16-31/h8-10,12-13,15-18,23-25,27-28,33-36,38-39,58-59,61H,11,14,19-22H2,1-7H3,(H,48,64)(H,49,67)(H,50,69)(H,51,60)(H,52,65)(H,53,66)(H,54,68)(H,55,70)(H,62,63)/t23-,24-,25-,27+,28+,33-,34-,35-,36-,38-,39-/m0/s1. The van der Waals surface area contributed by atoms with Crippen molar-refractivity contribution >= 4 is 64.9 Å². The topological polar surface area (TPSA) is 368 Å². The van der Waals surface area contributed by atoms with Gasteiger partial charge in [-0.15, -0.1) is 0 Å². The number of carboxylic acids is 1. The average Bonchev–Trinajstić information content (AvgIpc) is 3.80. The third-order valence-electron chi connectivity index (χ3n) is 11.4. The fraction of sp³-hybridized carbons (Fsp3) is 0.511. The molecule has 0 unspecified atom stereocenters. The van der Waals surface area contributed by atoms with Gasteiger partial charge in [-0.1, -0.05) is 42.5 Å². The van der Waals surface area contributed by atoms with E-state index in [1.807, 2.05) is 0 Å². The van der Waals surface area contributed by atoms with Crippen LogP contribution >= 0.6 is 0 Å². The second-order valence-corrected chi connectivity index (χ2v) is 17.5. The van der Waals surface area contributed by atoms with E-state index in [9.17, 15) is 73.2 Å². The molecular weight excluding hydrogens is 931 g/mol. The molecule has 0 bridgehead atoms. The first kappa shape index (κ1) is 57.8. The maximum atomic E-state index is 13.8. The van der Waals surface area contributed by atoms with Crippen molar-refractivity contribution in [3.05, 3.63) is 65.7 Å². The molecule has 1 aliphatic rings. The highest BCUT2D eigenvalue weighted by molar-refractivity contribution is 5.99. The number of rotatable bonds is 25. The fourth-order valence-corrected chi connectivity index (χ4v) is 7.38. The van der Waals surface area contributed by atoms with Crippen molar-refractivity contribution in [3.8, 4) is 5.75 Å². The summed E-state index contributed by atoms with van der Waals surface area (Å²) in [7, 11) is 0. The molecule has 0 radical (unpaired) electrons. The SMILES string of the molecule is CC(=O)N[C@@H](CC(=O)O)C(=O)N[C@H](C(=O)N[C@H](C(=O)N1CCC[C@H]1C(=O)N[C@@H](C)C(=O)N[C@@H](C)C(=O)N[C@@H](Cc1ccccc1)C(=O)N[C@@H](C)C(=O)N[C@@H](Cc1ccc(O)cc1)C(C)=O)[C@@H](C)O)[C@@H](C)O. The van der Waals surface area contributed by atoms with Crippen LogP contribution in [-0.2, 0) is 65.6 Å². The number of hydrogen-bond acceptors (Lipinski definition) is 14. The molecule has 388 valence electrons. The molecule has 0 aliphatic carbocycles. The zero-order valence-corrected chi connectivity index (χ0v) is 40.5. The predicted molar refractivity (Wildman–Crippen MR) is 251 cm³/mol. The number of carbonyl (C=O) groups is 11. The summed E-state index contributed by atoms with van der Waals surface area (Å²) in [5.41, 5.74) is 1.31.